The van der Waals surface area contributed by atoms with Gasteiger partial charge in [-0.25, -0.2) is 4.68 Å². The maximum atomic E-state index is 12.7. The van der Waals surface area contributed by atoms with Gasteiger partial charge in [-0.15, -0.1) is 0 Å². The Bertz CT molecular complexity index is 635. The van der Waals surface area contributed by atoms with Crippen molar-refractivity contribution in [2.75, 3.05) is 0 Å². The molecule has 2 aromatic rings. The second-order valence-corrected chi connectivity index (χ2v) is 3.93. The van der Waals surface area contributed by atoms with Gasteiger partial charge in [0.1, 0.15) is 6.07 Å². The number of rotatable bonds is 2. The first-order valence-corrected chi connectivity index (χ1v) is 5.62. The lowest BCUT2D eigenvalue weighted by Crippen LogP contribution is -2.08. The van der Waals surface area contributed by atoms with Gasteiger partial charge < -0.3 is 0 Å². The quantitative estimate of drug-likeness (QED) is 0.835. The van der Waals surface area contributed by atoms with Crippen LogP contribution >= 0.6 is 0 Å². The number of alkyl halides is 3. The maximum absolute atomic E-state index is 12.7. The summed E-state index contributed by atoms with van der Waals surface area (Å²) in [6.45, 7) is 1.82. The summed E-state index contributed by atoms with van der Waals surface area (Å²) in [7, 11) is 0. The Hall–Kier alpha value is -2.29. The molecule has 0 radical (unpaired) electrons. The number of nitriles is 1. The van der Waals surface area contributed by atoms with Crippen LogP contribution in [0.1, 0.15) is 23.7 Å². The number of halogens is 3. The van der Waals surface area contributed by atoms with E-state index in [0.29, 0.717) is 23.4 Å². The van der Waals surface area contributed by atoms with Gasteiger partial charge in [-0.05, 0) is 24.6 Å². The van der Waals surface area contributed by atoms with Crippen molar-refractivity contribution in [1.29, 1.82) is 5.26 Å². The van der Waals surface area contributed by atoms with E-state index < -0.39 is 11.7 Å². The van der Waals surface area contributed by atoms with Crippen LogP contribution in [0.25, 0.3) is 5.69 Å². The molecule has 0 spiro atoms. The molecule has 2 rings (SSSR count). The summed E-state index contributed by atoms with van der Waals surface area (Å²) in [6.07, 6.45) is -2.52. The van der Waals surface area contributed by atoms with Crippen LogP contribution in [0.2, 0.25) is 0 Å². The van der Waals surface area contributed by atoms with E-state index in [0.717, 1.165) is 12.1 Å². The van der Waals surface area contributed by atoms with Gasteiger partial charge in [-0.1, -0.05) is 13.0 Å². The number of aromatic nitrogens is 2. The lowest BCUT2D eigenvalue weighted by atomic mass is 10.1. The summed E-state index contributed by atoms with van der Waals surface area (Å²) >= 11 is 0. The number of hydrogen-bond donors (Lipinski definition) is 0. The van der Waals surface area contributed by atoms with E-state index in [1.807, 2.05) is 13.0 Å². The SMILES string of the molecule is CCc1c(C#N)cnn1-c1cccc(C(F)(F)F)c1. The summed E-state index contributed by atoms with van der Waals surface area (Å²) < 4.78 is 39.3. The summed E-state index contributed by atoms with van der Waals surface area (Å²) in [5.41, 5.74) is 0.538. The highest BCUT2D eigenvalue weighted by molar-refractivity contribution is 5.42. The molecule has 0 bridgehead atoms. The molecule has 0 aliphatic rings. The normalized spacial score (nSPS) is 11.3. The van der Waals surface area contributed by atoms with Gasteiger partial charge in [-0.3, -0.25) is 0 Å². The fraction of sp³-hybridized carbons (Fsp3) is 0.231. The summed E-state index contributed by atoms with van der Waals surface area (Å²) in [4.78, 5) is 0. The summed E-state index contributed by atoms with van der Waals surface area (Å²) in [5.74, 6) is 0. The van der Waals surface area contributed by atoms with Gasteiger partial charge in [0, 0.05) is 0 Å². The highest BCUT2D eigenvalue weighted by Gasteiger charge is 2.30. The van der Waals surface area contributed by atoms with Crippen LogP contribution in [0.5, 0.6) is 0 Å². The highest BCUT2D eigenvalue weighted by Crippen LogP contribution is 2.30. The Morgan fingerprint density at radius 3 is 2.68 bits per heavy atom. The Morgan fingerprint density at radius 1 is 1.37 bits per heavy atom. The van der Waals surface area contributed by atoms with E-state index in [2.05, 4.69) is 5.10 Å². The molecule has 0 aliphatic heterocycles. The van der Waals surface area contributed by atoms with Crippen LogP contribution in [0.4, 0.5) is 13.2 Å². The first-order chi connectivity index (χ1) is 8.97. The van der Waals surface area contributed by atoms with Crippen LogP contribution in [-0.2, 0) is 12.6 Å². The molecule has 0 N–H and O–H groups in total. The molecular weight excluding hydrogens is 255 g/mol. The van der Waals surface area contributed by atoms with Gasteiger partial charge in [-0.2, -0.15) is 23.5 Å². The minimum absolute atomic E-state index is 0.299. The Morgan fingerprint density at radius 2 is 2.11 bits per heavy atom. The van der Waals surface area contributed by atoms with E-state index >= 15 is 0 Å². The number of benzene rings is 1. The standard InChI is InChI=1S/C13H10F3N3/c1-2-12-9(7-17)8-18-19(12)11-5-3-4-10(6-11)13(14,15)16/h3-6,8H,2H2,1H3. The van der Waals surface area contributed by atoms with E-state index in [9.17, 15) is 13.2 Å². The third kappa shape index (κ3) is 2.45. The fourth-order valence-electron chi connectivity index (χ4n) is 1.84. The van der Waals surface area contributed by atoms with Gasteiger partial charge in [0.05, 0.1) is 28.7 Å². The minimum atomic E-state index is -4.40. The lowest BCUT2D eigenvalue weighted by molar-refractivity contribution is -0.137. The van der Waals surface area contributed by atoms with Crippen molar-refractivity contribution in [3.05, 3.63) is 47.3 Å². The predicted molar refractivity (Wildman–Crippen MR) is 62.7 cm³/mol. The minimum Gasteiger partial charge on any atom is -0.236 e. The first-order valence-electron chi connectivity index (χ1n) is 5.62. The smallest absolute Gasteiger partial charge is 0.236 e. The largest absolute Gasteiger partial charge is 0.416 e. The first kappa shape index (κ1) is 13.1. The van der Waals surface area contributed by atoms with Crippen molar-refractivity contribution >= 4 is 0 Å². The number of hydrogen-bond acceptors (Lipinski definition) is 2. The molecule has 19 heavy (non-hydrogen) atoms. The molecule has 1 heterocycles. The maximum Gasteiger partial charge on any atom is 0.416 e. The van der Waals surface area contributed by atoms with Crippen LogP contribution in [0.3, 0.4) is 0 Å². The van der Waals surface area contributed by atoms with Crippen LogP contribution in [-0.4, -0.2) is 9.78 Å². The zero-order valence-electron chi connectivity index (χ0n) is 10.1. The van der Waals surface area contributed by atoms with Crippen molar-refractivity contribution in [2.45, 2.75) is 19.5 Å². The molecule has 3 nitrogen and oxygen atoms in total. The Balaban J connectivity index is 2.54. The topological polar surface area (TPSA) is 41.6 Å². The zero-order valence-corrected chi connectivity index (χ0v) is 10.1. The van der Waals surface area contributed by atoms with E-state index in [4.69, 9.17) is 5.26 Å². The van der Waals surface area contributed by atoms with E-state index in [1.165, 1.54) is 23.0 Å². The van der Waals surface area contributed by atoms with Gasteiger partial charge in [0.25, 0.3) is 0 Å². The molecule has 1 aromatic carbocycles. The van der Waals surface area contributed by atoms with Gasteiger partial charge >= 0.3 is 6.18 Å². The van der Waals surface area contributed by atoms with Crippen LogP contribution in [0, 0.1) is 11.3 Å². The van der Waals surface area contributed by atoms with Crippen molar-refractivity contribution in [1.82, 2.24) is 9.78 Å². The average Bonchev–Trinajstić information content (AvgIpc) is 2.80. The molecule has 0 saturated heterocycles. The predicted octanol–water partition coefficient (Wildman–Crippen LogP) is 3.33. The lowest BCUT2D eigenvalue weighted by Gasteiger charge is -2.10. The van der Waals surface area contributed by atoms with Crippen molar-refractivity contribution < 1.29 is 13.2 Å². The van der Waals surface area contributed by atoms with Gasteiger partial charge in [0.2, 0.25) is 0 Å². The molecule has 0 aliphatic carbocycles. The fourth-order valence-corrected chi connectivity index (χ4v) is 1.84. The zero-order chi connectivity index (χ0) is 14.0. The molecule has 6 heteroatoms. The molecule has 0 fully saturated rings. The third-order valence-electron chi connectivity index (χ3n) is 2.74. The monoisotopic (exact) mass is 265 g/mol. The molecular formula is C13H10F3N3. The second kappa shape index (κ2) is 4.76. The van der Waals surface area contributed by atoms with Gasteiger partial charge in [0.15, 0.2) is 0 Å². The third-order valence-corrected chi connectivity index (χ3v) is 2.74. The van der Waals surface area contributed by atoms with Crippen molar-refractivity contribution in [2.24, 2.45) is 0 Å². The second-order valence-electron chi connectivity index (χ2n) is 3.93. The van der Waals surface area contributed by atoms with Crippen molar-refractivity contribution in [3.63, 3.8) is 0 Å². The molecule has 0 atom stereocenters. The average molecular weight is 265 g/mol. The van der Waals surface area contributed by atoms with E-state index in [-0.39, 0.29) is 0 Å². The Labute approximate surface area is 107 Å². The summed E-state index contributed by atoms with van der Waals surface area (Å²) in [6, 6.07) is 6.86. The summed E-state index contributed by atoms with van der Waals surface area (Å²) in [5, 5.41) is 12.9. The molecule has 0 saturated carbocycles. The molecule has 0 unspecified atom stereocenters. The number of nitrogens with zero attached hydrogens (tertiary/aromatic N) is 3. The Kier molecular flexibility index (Phi) is 3.30. The van der Waals surface area contributed by atoms with E-state index in [1.54, 1.807) is 0 Å². The van der Waals surface area contributed by atoms with Crippen LogP contribution < -0.4 is 0 Å². The molecule has 98 valence electrons. The van der Waals surface area contributed by atoms with Crippen LogP contribution in [0.15, 0.2) is 30.5 Å². The highest BCUT2D eigenvalue weighted by atomic mass is 19.4. The molecule has 1 aromatic heterocycles. The molecule has 0 amide bonds. The van der Waals surface area contributed by atoms with Crippen molar-refractivity contribution in [3.8, 4) is 11.8 Å².